The number of benzene rings is 1. The molecule has 0 unspecified atom stereocenters. The van der Waals surface area contributed by atoms with E-state index >= 15 is 0 Å². The summed E-state index contributed by atoms with van der Waals surface area (Å²) in [6.07, 6.45) is 6.82. The van der Waals surface area contributed by atoms with Gasteiger partial charge in [0.25, 0.3) is 0 Å². The van der Waals surface area contributed by atoms with E-state index in [0.29, 0.717) is 0 Å². The molecule has 1 aliphatic carbocycles. The SMILES string of the molecule is CCc1cccc(C)c1NCC1CCCC1. The number of nitrogens with one attached hydrogen (secondary N) is 1. The summed E-state index contributed by atoms with van der Waals surface area (Å²) < 4.78 is 0. The first-order valence-electron chi connectivity index (χ1n) is 6.63. The minimum absolute atomic E-state index is 0.907. The number of rotatable bonds is 4. The van der Waals surface area contributed by atoms with Crippen LogP contribution < -0.4 is 5.32 Å². The Hall–Kier alpha value is -0.980. The zero-order valence-electron chi connectivity index (χ0n) is 10.6. The Balaban J connectivity index is 2.01. The fourth-order valence-electron chi connectivity index (χ4n) is 2.74. The maximum absolute atomic E-state index is 3.67. The molecule has 0 spiro atoms. The van der Waals surface area contributed by atoms with Gasteiger partial charge in [0.1, 0.15) is 0 Å². The highest BCUT2D eigenvalue weighted by atomic mass is 14.9. The number of aryl methyl sites for hydroxylation is 2. The average Bonchev–Trinajstić information content (AvgIpc) is 2.80. The van der Waals surface area contributed by atoms with E-state index < -0.39 is 0 Å². The van der Waals surface area contributed by atoms with Crippen molar-refractivity contribution < 1.29 is 0 Å². The molecule has 88 valence electrons. The van der Waals surface area contributed by atoms with Crippen molar-refractivity contribution in [3.05, 3.63) is 29.3 Å². The first-order valence-corrected chi connectivity index (χ1v) is 6.63. The van der Waals surface area contributed by atoms with Crippen LogP contribution in [0, 0.1) is 12.8 Å². The lowest BCUT2D eigenvalue weighted by molar-refractivity contribution is 0.579. The average molecular weight is 217 g/mol. The van der Waals surface area contributed by atoms with Gasteiger partial charge in [-0.15, -0.1) is 0 Å². The van der Waals surface area contributed by atoms with Crippen LogP contribution in [0.4, 0.5) is 5.69 Å². The molecular weight excluding hydrogens is 194 g/mol. The van der Waals surface area contributed by atoms with Gasteiger partial charge < -0.3 is 5.32 Å². The highest BCUT2D eigenvalue weighted by Gasteiger charge is 2.15. The van der Waals surface area contributed by atoms with Gasteiger partial charge in [0.2, 0.25) is 0 Å². The van der Waals surface area contributed by atoms with Crippen molar-refractivity contribution >= 4 is 5.69 Å². The van der Waals surface area contributed by atoms with Gasteiger partial charge >= 0.3 is 0 Å². The van der Waals surface area contributed by atoms with E-state index in [-0.39, 0.29) is 0 Å². The second-order valence-electron chi connectivity index (χ2n) is 4.99. The smallest absolute Gasteiger partial charge is 0.0402 e. The highest BCUT2D eigenvalue weighted by Crippen LogP contribution is 2.27. The summed E-state index contributed by atoms with van der Waals surface area (Å²) in [5.74, 6) is 0.907. The second kappa shape index (κ2) is 5.38. The fraction of sp³-hybridized carbons (Fsp3) is 0.600. The van der Waals surface area contributed by atoms with E-state index in [1.165, 1.54) is 42.5 Å². The van der Waals surface area contributed by atoms with Gasteiger partial charge in [0.15, 0.2) is 0 Å². The molecule has 2 rings (SSSR count). The molecule has 0 amide bonds. The van der Waals surface area contributed by atoms with E-state index in [4.69, 9.17) is 0 Å². The number of hydrogen-bond acceptors (Lipinski definition) is 1. The summed E-state index contributed by atoms with van der Waals surface area (Å²) >= 11 is 0. The molecule has 1 fully saturated rings. The summed E-state index contributed by atoms with van der Waals surface area (Å²) in [6.45, 7) is 5.60. The first-order chi connectivity index (χ1) is 7.81. The van der Waals surface area contributed by atoms with Gasteiger partial charge in [0.05, 0.1) is 0 Å². The Morgan fingerprint density at radius 2 is 2.00 bits per heavy atom. The van der Waals surface area contributed by atoms with Crippen molar-refractivity contribution in [2.45, 2.75) is 46.0 Å². The van der Waals surface area contributed by atoms with Crippen molar-refractivity contribution in [3.8, 4) is 0 Å². The number of hydrogen-bond donors (Lipinski definition) is 1. The standard InChI is InChI=1S/C15H23N/c1-3-14-10-6-7-12(2)15(14)16-11-13-8-4-5-9-13/h6-7,10,13,16H,3-5,8-9,11H2,1-2H3. The molecule has 0 aromatic heterocycles. The van der Waals surface area contributed by atoms with E-state index in [1.807, 2.05) is 0 Å². The molecular formula is C15H23N. The van der Waals surface area contributed by atoms with E-state index in [2.05, 4.69) is 37.4 Å². The highest BCUT2D eigenvalue weighted by molar-refractivity contribution is 5.57. The molecule has 0 heterocycles. The lowest BCUT2D eigenvalue weighted by Crippen LogP contribution is -2.13. The predicted octanol–water partition coefficient (Wildman–Crippen LogP) is 4.16. The topological polar surface area (TPSA) is 12.0 Å². The lowest BCUT2D eigenvalue weighted by Gasteiger charge is -2.16. The van der Waals surface area contributed by atoms with E-state index in [0.717, 1.165) is 18.9 Å². The van der Waals surface area contributed by atoms with Gasteiger partial charge in [-0.3, -0.25) is 0 Å². The van der Waals surface area contributed by atoms with Crippen molar-refractivity contribution in [1.82, 2.24) is 0 Å². The molecule has 1 heteroatoms. The maximum Gasteiger partial charge on any atom is 0.0402 e. The van der Waals surface area contributed by atoms with E-state index in [9.17, 15) is 0 Å². The molecule has 0 atom stereocenters. The third-order valence-corrected chi connectivity index (χ3v) is 3.78. The van der Waals surface area contributed by atoms with Crippen LogP contribution in [0.25, 0.3) is 0 Å². The van der Waals surface area contributed by atoms with Gasteiger partial charge in [-0.1, -0.05) is 38.0 Å². The van der Waals surface area contributed by atoms with Gasteiger partial charge in [-0.25, -0.2) is 0 Å². The molecule has 1 aromatic rings. The molecule has 0 bridgehead atoms. The third kappa shape index (κ3) is 2.58. The van der Waals surface area contributed by atoms with Crippen LogP contribution in [-0.2, 0) is 6.42 Å². The maximum atomic E-state index is 3.67. The lowest BCUT2D eigenvalue weighted by atomic mass is 10.0. The minimum Gasteiger partial charge on any atom is -0.384 e. The summed E-state index contributed by atoms with van der Waals surface area (Å²) in [5, 5.41) is 3.67. The molecule has 1 aromatic carbocycles. The summed E-state index contributed by atoms with van der Waals surface area (Å²) in [5.41, 5.74) is 4.23. The monoisotopic (exact) mass is 217 g/mol. The van der Waals surface area contributed by atoms with Crippen LogP contribution in [0.5, 0.6) is 0 Å². The van der Waals surface area contributed by atoms with Crippen LogP contribution in [0.15, 0.2) is 18.2 Å². The van der Waals surface area contributed by atoms with Crippen molar-refractivity contribution in [2.75, 3.05) is 11.9 Å². The quantitative estimate of drug-likeness (QED) is 0.798. The zero-order valence-corrected chi connectivity index (χ0v) is 10.6. The Bertz CT molecular complexity index is 337. The Morgan fingerprint density at radius 3 is 2.69 bits per heavy atom. The molecule has 0 aliphatic heterocycles. The molecule has 16 heavy (non-hydrogen) atoms. The molecule has 1 aliphatic rings. The van der Waals surface area contributed by atoms with Gasteiger partial charge in [-0.2, -0.15) is 0 Å². The normalized spacial score (nSPS) is 16.6. The minimum atomic E-state index is 0.907. The van der Waals surface area contributed by atoms with Crippen molar-refractivity contribution in [3.63, 3.8) is 0 Å². The molecule has 0 radical (unpaired) electrons. The van der Waals surface area contributed by atoms with Crippen LogP contribution >= 0.6 is 0 Å². The summed E-state index contributed by atoms with van der Waals surface area (Å²) in [7, 11) is 0. The van der Waals surface area contributed by atoms with Gasteiger partial charge in [0, 0.05) is 12.2 Å². The third-order valence-electron chi connectivity index (χ3n) is 3.78. The first kappa shape index (κ1) is 11.5. The Kier molecular flexibility index (Phi) is 3.87. The fourth-order valence-corrected chi connectivity index (χ4v) is 2.74. The Morgan fingerprint density at radius 1 is 1.25 bits per heavy atom. The summed E-state index contributed by atoms with van der Waals surface area (Å²) in [4.78, 5) is 0. The molecule has 1 nitrogen and oxygen atoms in total. The largest absolute Gasteiger partial charge is 0.384 e. The van der Waals surface area contributed by atoms with Crippen molar-refractivity contribution in [2.24, 2.45) is 5.92 Å². The van der Waals surface area contributed by atoms with Crippen LogP contribution in [0.3, 0.4) is 0 Å². The number of anilines is 1. The van der Waals surface area contributed by atoms with Crippen LogP contribution in [0.1, 0.15) is 43.7 Å². The predicted molar refractivity (Wildman–Crippen MR) is 71.0 cm³/mol. The molecule has 0 saturated heterocycles. The van der Waals surface area contributed by atoms with Crippen LogP contribution in [0.2, 0.25) is 0 Å². The second-order valence-corrected chi connectivity index (χ2v) is 4.99. The zero-order chi connectivity index (χ0) is 11.4. The Labute approximate surface area is 99.3 Å². The molecule has 1 N–H and O–H groups in total. The van der Waals surface area contributed by atoms with Crippen molar-refractivity contribution in [1.29, 1.82) is 0 Å². The van der Waals surface area contributed by atoms with E-state index in [1.54, 1.807) is 0 Å². The summed E-state index contributed by atoms with van der Waals surface area (Å²) in [6, 6.07) is 6.61. The van der Waals surface area contributed by atoms with Crippen LogP contribution in [-0.4, -0.2) is 6.54 Å². The number of para-hydroxylation sites is 1. The van der Waals surface area contributed by atoms with Gasteiger partial charge in [-0.05, 0) is 43.2 Å². The molecule has 1 saturated carbocycles.